The predicted octanol–water partition coefficient (Wildman–Crippen LogP) is 4.96. The third-order valence-electron chi connectivity index (χ3n) is 4.71. The molecule has 1 unspecified atom stereocenters. The van der Waals surface area contributed by atoms with Gasteiger partial charge in [-0.1, -0.05) is 42.5 Å². The molecular weight excluding hydrogens is 334 g/mol. The Bertz CT molecular complexity index is 987. The Balaban J connectivity index is 1.64. The van der Waals surface area contributed by atoms with Crippen molar-refractivity contribution in [1.29, 1.82) is 0 Å². The molecule has 1 aromatic carbocycles. The van der Waals surface area contributed by atoms with Crippen LogP contribution in [0, 0.1) is 11.4 Å². The van der Waals surface area contributed by atoms with E-state index in [4.69, 9.17) is 21.4 Å². The Morgan fingerprint density at radius 3 is 2.96 bits per heavy atom. The van der Waals surface area contributed by atoms with Gasteiger partial charge in [-0.25, -0.2) is 0 Å². The number of carbonyl (C=O) groups excluding carboxylic acids is 1. The van der Waals surface area contributed by atoms with Crippen LogP contribution in [0.3, 0.4) is 0 Å². The van der Waals surface area contributed by atoms with E-state index in [-0.39, 0.29) is 11.9 Å². The highest BCUT2D eigenvalue weighted by atomic mass is 32.1. The molecule has 0 amide bonds. The number of furan rings is 1. The van der Waals surface area contributed by atoms with Crippen LogP contribution in [0.2, 0.25) is 0 Å². The van der Waals surface area contributed by atoms with Gasteiger partial charge < -0.3 is 14.1 Å². The summed E-state index contributed by atoms with van der Waals surface area (Å²) in [7, 11) is 0. The zero-order valence-corrected chi connectivity index (χ0v) is 14.8. The van der Waals surface area contributed by atoms with Crippen LogP contribution in [0.4, 0.5) is 0 Å². The van der Waals surface area contributed by atoms with Crippen molar-refractivity contribution in [3.8, 4) is 0 Å². The molecule has 0 bridgehead atoms. The minimum absolute atomic E-state index is 0.199. The predicted molar refractivity (Wildman–Crippen MR) is 98.1 cm³/mol. The van der Waals surface area contributed by atoms with Gasteiger partial charge in [-0.15, -0.1) is 0 Å². The van der Waals surface area contributed by atoms with Crippen molar-refractivity contribution in [3.63, 3.8) is 0 Å². The van der Waals surface area contributed by atoms with E-state index >= 15 is 0 Å². The van der Waals surface area contributed by atoms with E-state index in [1.807, 2.05) is 43.3 Å². The smallest absolute Gasteiger partial charge is 0.315 e. The molecule has 5 heteroatoms. The Kier molecular flexibility index (Phi) is 4.17. The number of rotatable bonds is 3. The van der Waals surface area contributed by atoms with Gasteiger partial charge in [-0.2, -0.15) is 0 Å². The summed E-state index contributed by atoms with van der Waals surface area (Å²) in [6.07, 6.45) is 2.55. The first-order valence-corrected chi connectivity index (χ1v) is 8.90. The normalized spacial score (nSPS) is 16.6. The number of H-pyrrole nitrogens is 1. The van der Waals surface area contributed by atoms with E-state index < -0.39 is 0 Å². The molecule has 3 aromatic rings. The fraction of sp³-hybridized carbons (Fsp3) is 0.300. The Hall–Kier alpha value is -2.40. The molecule has 0 saturated heterocycles. The van der Waals surface area contributed by atoms with Gasteiger partial charge in [-0.3, -0.25) is 4.79 Å². The molecule has 2 aromatic heterocycles. The van der Waals surface area contributed by atoms with Crippen LogP contribution >= 0.6 is 12.2 Å². The van der Waals surface area contributed by atoms with Crippen LogP contribution < -0.4 is 0 Å². The summed E-state index contributed by atoms with van der Waals surface area (Å²) in [6.45, 7) is 2.19. The second-order valence-electron chi connectivity index (χ2n) is 6.48. The van der Waals surface area contributed by atoms with Gasteiger partial charge in [0.2, 0.25) is 0 Å². The standard InChI is InChI=1S/C20H19NO3S/c1-12-10-16-18(24-12)19(25)14-8-5-9-15(17(14)21-16)20(22)23-11-13-6-3-2-4-7-13/h2-4,6-7,10,15H,5,8-9,11H2,1H3,(H,21,25). The van der Waals surface area contributed by atoms with Crippen LogP contribution in [0.5, 0.6) is 0 Å². The van der Waals surface area contributed by atoms with E-state index in [1.54, 1.807) is 0 Å². The second-order valence-corrected chi connectivity index (χ2v) is 6.89. The summed E-state index contributed by atoms with van der Waals surface area (Å²) in [4.78, 5) is 16.1. The number of ether oxygens (including phenoxy) is 1. The summed E-state index contributed by atoms with van der Waals surface area (Å²) in [5.41, 5.74) is 4.46. The molecule has 0 radical (unpaired) electrons. The zero-order valence-electron chi connectivity index (χ0n) is 14.0. The number of carbonyl (C=O) groups is 1. The van der Waals surface area contributed by atoms with Crippen molar-refractivity contribution < 1.29 is 13.9 Å². The number of pyridine rings is 1. The minimum Gasteiger partial charge on any atom is -0.460 e. The monoisotopic (exact) mass is 353 g/mol. The van der Waals surface area contributed by atoms with Crippen LogP contribution in [-0.4, -0.2) is 11.0 Å². The van der Waals surface area contributed by atoms with Gasteiger partial charge in [-0.05, 0) is 37.3 Å². The molecule has 0 fully saturated rings. The summed E-state index contributed by atoms with van der Waals surface area (Å²) in [5, 5.41) is 0. The van der Waals surface area contributed by atoms with Gasteiger partial charge >= 0.3 is 5.97 Å². The van der Waals surface area contributed by atoms with Gasteiger partial charge in [0.05, 0.1) is 15.9 Å². The van der Waals surface area contributed by atoms with Crippen LogP contribution in [-0.2, 0) is 22.6 Å². The minimum atomic E-state index is -0.297. The molecule has 2 heterocycles. The Morgan fingerprint density at radius 2 is 2.16 bits per heavy atom. The highest BCUT2D eigenvalue weighted by Crippen LogP contribution is 2.35. The van der Waals surface area contributed by atoms with Crippen molar-refractivity contribution in [2.45, 2.75) is 38.7 Å². The van der Waals surface area contributed by atoms with E-state index in [0.29, 0.717) is 12.2 Å². The molecule has 4 rings (SSSR count). The van der Waals surface area contributed by atoms with Crippen molar-refractivity contribution in [3.05, 3.63) is 63.5 Å². The summed E-state index contributed by atoms with van der Waals surface area (Å²) < 4.78 is 12.0. The third kappa shape index (κ3) is 3.00. The molecule has 1 atom stereocenters. The van der Waals surface area contributed by atoms with Crippen molar-refractivity contribution in [2.24, 2.45) is 0 Å². The number of aromatic amines is 1. The van der Waals surface area contributed by atoms with E-state index in [2.05, 4.69) is 4.98 Å². The Labute approximate surface area is 150 Å². The molecule has 0 saturated carbocycles. The van der Waals surface area contributed by atoms with E-state index in [0.717, 1.165) is 51.9 Å². The number of benzene rings is 1. The molecule has 128 valence electrons. The first-order chi connectivity index (χ1) is 12.1. The lowest BCUT2D eigenvalue weighted by Gasteiger charge is -2.24. The summed E-state index contributed by atoms with van der Waals surface area (Å²) >= 11 is 5.61. The van der Waals surface area contributed by atoms with Crippen molar-refractivity contribution >= 4 is 29.3 Å². The van der Waals surface area contributed by atoms with E-state index in [9.17, 15) is 4.79 Å². The van der Waals surface area contributed by atoms with Gasteiger partial charge in [0.25, 0.3) is 0 Å². The quantitative estimate of drug-likeness (QED) is 0.534. The molecule has 1 aliphatic carbocycles. The first-order valence-electron chi connectivity index (χ1n) is 8.49. The number of fused-ring (bicyclic) bond motifs is 2. The summed E-state index contributed by atoms with van der Waals surface area (Å²) in [5.74, 6) is 0.312. The molecule has 0 aliphatic heterocycles. The second kappa shape index (κ2) is 6.48. The number of hydrogen-bond donors (Lipinski definition) is 1. The number of nitrogens with one attached hydrogen (secondary N) is 1. The number of hydrogen-bond acceptors (Lipinski definition) is 4. The third-order valence-corrected chi connectivity index (χ3v) is 5.14. The molecular formula is C20H19NO3S. The molecule has 4 nitrogen and oxygen atoms in total. The average Bonchev–Trinajstić information content (AvgIpc) is 3.01. The fourth-order valence-corrected chi connectivity index (χ4v) is 3.86. The first kappa shape index (κ1) is 16.1. The fourth-order valence-electron chi connectivity index (χ4n) is 3.49. The van der Waals surface area contributed by atoms with Crippen LogP contribution in [0.15, 0.2) is 40.8 Å². The Morgan fingerprint density at radius 1 is 1.36 bits per heavy atom. The van der Waals surface area contributed by atoms with Gasteiger partial charge in [0.1, 0.15) is 12.4 Å². The van der Waals surface area contributed by atoms with Crippen LogP contribution in [0.25, 0.3) is 11.1 Å². The van der Waals surface area contributed by atoms with Crippen LogP contribution in [0.1, 0.15) is 41.3 Å². The maximum atomic E-state index is 12.7. The lowest BCUT2D eigenvalue weighted by molar-refractivity contribution is -0.147. The molecule has 1 aliphatic rings. The number of esters is 1. The number of aryl methyl sites for hydroxylation is 1. The summed E-state index contributed by atoms with van der Waals surface area (Å²) in [6, 6.07) is 11.6. The van der Waals surface area contributed by atoms with Gasteiger partial charge in [0, 0.05) is 11.8 Å². The van der Waals surface area contributed by atoms with Crippen molar-refractivity contribution in [1.82, 2.24) is 4.98 Å². The van der Waals surface area contributed by atoms with Crippen molar-refractivity contribution in [2.75, 3.05) is 0 Å². The zero-order chi connectivity index (χ0) is 17.4. The molecule has 25 heavy (non-hydrogen) atoms. The lowest BCUT2D eigenvalue weighted by Crippen LogP contribution is -2.22. The number of aromatic nitrogens is 1. The SMILES string of the molecule is Cc1cc2[nH]c3c(c(=S)c2o1)CCCC3C(=O)OCc1ccccc1. The maximum Gasteiger partial charge on any atom is 0.315 e. The van der Waals surface area contributed by atoms with E-state index in [1.165, 1.54) is 0 Å². The topological polar surface area (TPSA) is 55.2 Å². The maximum absolute atomic E-state index is 12.7. The average molecular weight is 353 g/mol. The highest BCUT2D eigenvalue weighted by Gasteiger charge is 2.30. The molecule has 1 N–H and O–H groups in total. The largest absolute Gasteiger partial charge is 0.460 e. The molecule has 0 spiro atoms. The van der Waals surface area contributed by atoms with Gasteiger partial charge in [0.15, 0.2) is 5.58 Å². The highest BCUT2D eigenvalue weighted by molar-refractivity contribution is 7.71. The lowest BCUT2D eigenvalue weighted by atomic mass is 9.86.